The quantitative estimate of drug-likeness (QED) is 0.645. The summed E-state index contributed by atoms with van der Waals surface area (Å²) >= 11 is 0. The van der Waals surface area contributed by atoms with Crippen molar-refractivity contribution in [2.45, 2.75) is 46.8 Å². The highest BCUT2D eigenvalue weighted by Gasteiger charge is 2.17. The molecule has 0 saturated carbocycles. The fourth-order valence-electron chi connectivity index (χ4n) is 1.55. The number of aromatic nitrogens is 1. The molecular formula is C14H25NO4. The first kappa shape index (κ1) is 16.0. The van der Waals surface area contributed by atoms with E-state index in [0.717, 1.165) is 5.76 Å². The molecule has 0 radical (unpaired) electrons. The van der Waals surface area contributed by atoms with Gasteiger partial charge in [-0.2, -0.15) is 0 Å². The fraction of sp³-hybridized carbons (Fsp3) is 0.786. The smallest absolute Gasteiger partial charge is 0.254 e. The average Bonchev–Trinajstić information content (AvgIpc) is 2.84. The molecule has 19 heavy (non-hydrogen) atoms. The van der Waals surface area contributed by atoms with Gasteiger partial charge in [0.1, 0.15) is 12.4 Å². The predicted octanol–water partition coefficient (Wildman–Crippen LogP) is 3.21. The van der Waals surface area contributed by atoms with Gasteiger partial charge in [-0.1, -0.05) is 20.8 Å². The van der Waals surface area contributed by atoms with E-state index in [9.17, 15) is 0 Å². The molecule has 1 aromatic heterocycles. The minimum atomic E-state index is -0.363. The van der Waals surface area contributed by atoms with E-state index in [1.54, 1.807) is 0 Å². The summed E-state index contributed by atoms with van der Waals surface area (Å²) in [5.41, 5.74) is 0. The van der Waals surface area contributed by atoms with Gasteiger partial charge in [0.15, 0.2) is 6.29 Å². The van der Waals surface area contributed by atoms with Crippen molar-refractivity contribution in [1.82, 2.24) is 5.16 Å². The zero-order valence-electron chi connectivity index (χ0n) is 12.5. The molecule has 0 fully saturated rings. The summed E-state index contributed by atoms with van der Waals surface area (Å²) in [4.78, 5) is 0. The van der Waals surface area contributed by atoms with Crippen molar-refractivity contribution < 1.29 is 18.7 Å². The molecule has 0 aliphatic heterocycles. The van der Waals surface area contributed by atoms with Crippen LogP contribution in [-0.2, 0) is 9.47 Å². The average molecular weight is 271 g/mol. The minimum Gasteiger partial charge on any atom is -0.470 e. The van der Waals surface area contributed by atoms with E-state index in [4.69, 9.17) is 18.7 Å². The number of ether oxygens (including phenoxy) is 3. The number of hydrogen-bond acceptors (Lipinski definition) is 5. The lowest BCUT2D eigenvalue weighted by atomic mass is 9.96. The van der Waals surface area contributed by atoms with Crippen LogP contribution in [0.3, 0.4) is 0 Å². The van der Waals surface area contributed by atoms with Crippen molar-refractivity contribution in [3.63, 3.8) is 0 Å². The molecule has 0 aliphatic rings. The van der Waals surface area contributed by atoms with Crippen molar-refractivity contribution in [2.24, 2.45) is 5.92 Å². The molecule has 5 nitrogen and oxygen atoms in total. The standard InChI is InChI=1S/C14H25NO4/c1-6-16-14(17-7-2)9-18-13-8-12(19-15-13)11(5)10(3)4/h8,10-11,14H,6-7,9H2,1-5H3. The molecule has 0 spiro atoms. The van der Waals surface area contributed by atoms with Gasteiger partial charge in [0.25, 0.3) is 5.88 Å². The van der Waals surface area contributed by atoms with Crippen LogP contribution in [0.25, 0.3) is 0 Å². The fourth-order valence-corrected chi connectivity index (χ4v) is 1.55. The third kappa shape index (κ3) is 5.20. The largest absolute Gasteiger partial charge is 0.470 e. The monoisotopic (exact) mass is 271 g/mol. The Labute approximate surface area is 115 Å². The molecule has 0 aromatic carbocycles. The molecule has 1 rings (SSSR count). The topological polar surface area (TPSA) is 53.7 Å². The molecule has 0 amide bonds. The Kier molecular flexibility index (Phi) is 6.87. The van der Waals surface area contributed by atoms with Crippen molar-refractivity contribution >= 4 is 0 Å². The minimum absolute atomic E-state index is 0.309. The Bertz CT molecular complexity index is 345. The zero-order chi connectivity index (χ0) is 14.3. The number of nitrogens with zero attached hydrogens (tertiary/aromatic N) is 1. The van der Waals surface area contributed by atoms with Gasteiger partial charge in [-0.25, -0.2) is 0 Å². The molecule has 0 bridgehead atoms. The second-order valence-corrected chi connectivity index (χ2v) is 4.75. The Morgan fingerprint density at radius 2 is 1.79 bits per heavy atom. The van der Waals surface area contributed by atoms with Crippen LogP contribution in [0.1, 0.15) is 46.3 Å². The number of hydrogen-bond donors (Lipinski definition) is 0. The Hall–Kier alpha value is -1.07. The maximum absolute atomic E-state index is 5.53. The van der Waals surface area contributed by atoms with Gasteiger partial charge in [-0.05, 0) is 24.9 Å². The summed E-state index contributed by atoms with van der Waals surface area (Å²) in [6.07, 6.45) is -0.363. The Morgan fingerprint density at radius 1 is 1.16 bits per heavy atom. The normalized spacial score (nSPS) is 13.2. The van der Waals surface area contributed by atoms with E-state index in [1.807, 2.05) is 19.9 Å². The molecule has 1 atom stereocenters. The SMILES string of the molecule is CCOC(COc1cc(C(C)C(C)C)on1)OCC. The predicted molar refractivity (Wildman–Crippen MR) is 72.3 cm³/mol. The molecule has 1 unspecified atom stereocenters. The van der Waals surface area contributed by atoms with Crippen LogP contribution < -0.4 is 4.74 Å². The summed E-state index contributed by atoms with van der Waals surface area (Å²) in [5.74, 6) is 2.14. The third-order valence-corrected chi connectivity index (χ3v) is 3.03. The molecule has 110 valence electrons. The Balaban J connectivity index is 2.48. The van der Waals surface area contributed by atoms with Gasteiger partial charge >= 0.3 is 0 Å². The first-order valence-corrected chi connectivity index (χ1v) is 6.91. The maximum Gasteiger partial charge on any atom is 0.254 e. The lowest BCUT2D eigenvalue weighted by Gasteiger charge is -2.16. The van der Waals surface area contributed by atoms with E-state index in [2.05, 4.69) is 25.9 Å². The molecular weight excluding hydrogens is 246 g/mol. The first-order valence-electron chi connectivity index (χ1n) is 6.91. The Morgan fingerprint density at radius 3 is 2.32 bits per heavy atom. The summed E-state index contributed by atoms with van der Waals surface area (Å²) in [7, 11) is 0. The molecule has 0 saturated heterocycles. The summed E-state index contributed by atoms with van der Waals surface area (Å²) in [5, 5.41) is 3.90. The van der Waals surface area contributed by atoms with Crippen molar-refractivity contribution in [3.05, 3.63) is 11.8 Å². The highest BCUT2D eigenvalue weighted by atomic mass is 16.7. The van der Waals surface area contributed by atoms with Crippen LogP contribution in [0, 0.1) is 5.92 Å². The molecule has 1 heterocycles. The first-order chi connectivity index (χ1) is 9.08. The van der Waals surface area contributed by atoms with Crippen LogP contribution >= 0.6 is 0 Å². The van der Waals surface area contributed by atoms with Gasteiger partial charge in [-0.15, -0.1) is 0 Å². The molecule has 0 aliphatic carbocycles. The summed E-state index contributed by atoms with van der Waals surface area (Å²) in [6, 6.07) is 1.83. The second-order valence-electron chi connectivity index (χ2n) is 4.75. The molecule has 1 aromatic rings. The van der Waals surface area contributed by atoms with Crippen molar-refractivity contribution in [3.8, 4) is 5.88 Å². The van der Waals surface area contributed by atoms with Crippen LogP contribution in [0.5, 0.6) is 5.88 Å². The van der Waals surface area contributed by atoms with Crippen LogP contribution in [-0.4, -0.2) is 31.3 Å². The van der Waals surface area contributed by atoms with Gasteiger partial charge in [0, 0.05) is 25.2 Å². The van der Waals surface area contributed by atoms with E-state index in [1.165, 1.54) is 0 Å². The van der Waals surface area contributed by atoms with Crippen LogP contribution in [0.2, 0.25) is 0 Å². The highest BCUT2D eigenvalue weighted by Crippen LogP contribution is 2.26. The van der Waals surface area contributed by atoms with Gasteiger partial charge in [0.2, 0.25) is 0 Å². The van der Waals surface area contributed by atoms with Gasteiger partial charge < -0.3 is 18.7 Å². The molecule has 5 heteroatoms. The van der Waals surface area contributed by atoms with E-state index in [0.29, 0.717) is 37.5 Å². The number of rotatable bonds is 9. The lowest BCUT2D eigenvalue weighted by molar-refractivity contribution is -0.152. The van der Waals surface area contributed by atoms with E-state index in [-0.39, 0.29) is 6.29 Å². The molecule has 0 N–H and O–H groups in total. The highest BCUT2D eigenvalue weighted by molar-refractivity contribution is 5.14. The van der Waals surface area contributed by atoms with Gasteiger partial charge in [-0.3, -0.25) is 0 Å². The van der Waals surface area contributed by atoms with Crippen LogP contribution in [0.15, 0.2) is 10.6 Å². The van der Waals surface area contributed by atoms with Crippen LogP contribution in [0.4, 0.5) is 0 Å². The third-order valence-electron chi connectivity index (χ3n) is 3.03. The van der Waals surface area contributed by atoms with Gasteiger partial charge in [0.05, 0.1) is 0 Å². The van der Waals surface area contributed by atoms with Crippen molar-refractivity contribution in [1.29, 1.82) is 0 Å². The maximum atomic E-state index is 5.53. The van der Waals surface area contributed by atoms with E-state index < -0.39 is 0 Å². The summed E-state index contributed by atoms with van der Waals surface area (Å²) < 4.78 is 21.6. The zero-order valence-corrected chi connectivity index (χ0v) is 12.5. The van der Waals surface area contributed by atoms with Crippen molar-refractivity contribution in [2.75, 3.05) is 19.8 Å². The van der Waals surface area contributed by atoms with E-state index >= 15 is 0 Å². The second kappa shape index (κ2) is 8.17. The summed E-state index contributed by atoms with van der Waals surface area (Å²) in [6.45, 7) is 11.7. The lowest BCUT2D eigenvalue weighted by Crippen LogP contribution is -2.25.